The number of alkyl halides is 3. The highest BCUT2D eigenvalue weighted by Gasteiger charge is 2.39. The van der Waals surface area contributed by atoms with Crippen molar-refractivity contribution in [3.05, 3.63) is 53.2 Å². The third-order valence-corrected chi connectivity index (χ3v) is 6.97. The molecule has 12 heteroatoms. The van der Waals surface area contributed by atoms with E-state index in [0.29, 0.717) is 31.0 Å². The number of thiophene rings is 1. The van der Waals surface area contributed by atoms with Crippen LogP contribution in [0.5, 0.6) is 0 Å². The van der Waals surface area contributed by atoms with Gasteiger partial charge in [0.05, 0.1) is 33.8 Å². The Hall–Kier alpha value is -3.38. The molecule has 1 amide bonds. The van der Waals surface area contributed by atoms with Crippen molar-refractivity contribution < 1.29 is 27.1 Å². The molecule has 0 saturated carbocycles. The minimum atomic E-state index is -5.09. The zero-order valence-electron chi connectivity index (χ0n) is 19.3. The van der Waals surface area contributed by atoms with E-state index in [4.69, 9.17) is 9.72 Å². The van der Waals surface area contributed by atoms with E-state index in [1.807, 2.05) is 13.8 Å². The molecule has 36 heavy (non-hydrogen) atoms. The van der Waals surface area contributed by atoms with E-state index in [-0.39, 0.29) is 5.60 Å². The van der Waals surface area contributed by atoms with Crippen LogP contribution >= 0.6 is 11.3 Å². The molecular weight excluding hydrogens is 498 g/mol. The van der Waals surface area contributed by atoms with Gasteiger partial charge in [-0.2, -0.15) is 13.2 Å². The fourth-order valence-corrected chi connectivity index (χ4v) is 5.14. The van der Waals surface area contributed by atoms with Gasteiger partial charge in [-0.15, -0.1) is 11.3 Å². The van der Waals surface area contributed by atoms with Gasteiger partial charge in [0, 0.05) is 23.9 Å². The summed E-state index contributed by atoms with van der Waals surface area (Å²) < 4.78 is 58.2. The molecular formula is C24H21F4N5O2S. The molecule has 188 valence electrons. The zero-order chi connectivity index (χ0) is 25.7. The maximum Gasteiger partial charge on any atom is 0.471 e. The molecule has 0 fully saturated rings. The lowest BCUT2D eigenvalue weighted by molar-refractivity contribution is -0.167. The van der Waals surface area contributed by atoms with E-state index < -0.39 is 23.6 Å². The molecule has 2 N–H and O–H groups in total. The summed E-state index contributed by atoms with van der Waals surface area (Å²) in [6.07, 6.45) is -2.53. The molecule has 7 nitrogen and oxygen atoms in total. The number of carbonyl (C=O) groups excluding carboxylic acids is 1. The normalized spacial score (nSPS) is 15.2. The first kappa shape index (κ1) is 24.3. The second-order valence-electron chi connectivity index (χ2n) is 9.12. The summed E-state index contributed by atoms with van der Waals surface area (Å²) in [5.74, 6) is -2.55. The van der Waals surface area contributed by atoms with Crippen LogP contribution in [0, 0.1) is 5.82 Å². The first-order chi connectivity index (χ1) is 17.0. The van der Waals surface area contributed by atoms with Gasteiger partial charge in [0.2, 0.25) is 0 Å². The van der Waals surface area contributed by atoms with Crippen molar-refractivity contribution in [2.24, 2.45) is 0 Å². The Kier molecular flexibility index (Phi) is 6.03. The number of anilines is 2. The molecule has 0 aliphatic carbocycles. The third-order valence-electron chi connectivity index (χ3n) is 5.87. The number of fused-ring (bicyclic) bond motifs is 4. The highest BCUT2D eigenvalue weighted by Crippen LogP contribution is 2.38. The number of benzene rings is 1. The van der Waals surface area contributed by atoms with Crippen molar-refractivity contribution in [1.29, 1.82) is 0 Å². The largest absolute Gasteiger partial charge is 0.471 e. The predicted octanol–water partition coefficient (Wildman–Crippen LogP) is 5.39. The molecule has 0 atom stereocenters. The Morgan fingerprint density at radius 1 is 1.22 bits per heavy atom. The van der Waals surface area contributed by atoms with Gasteiger partial charge >= 0.3 is 12.1 Å². The molecule has 3 aromatic heterocycles. The van der Waals surface area contributed by atoms with Crippen LogP contribution < -0.4 is 10.6 Å². The fraction of sp³-hybridized carbons (Fsp3) is 0.333. The average Bonchev–Trinajstić information content (AvgIpc) is 3.16. The van der Waals surface area contributed by atoms with E-state index in [9.17, 15) is 22.4 Å². The number of carbonyl (C=O) groups is 1. The van der Waals surface area contributed by atoms with Gasteiger partial charge in [0.25, 0.3) is 0 Å². The lowest BCUT2D eigenvalue weighted by atomic mass is 9.95. The molecule has 5 rings (SSSR count). The number of ether oxygens (including phenoxy) is 1. The minimum Gasteiger partial charge on any atom is -0.370 e. The summed E-state index contributed by atoms with van der Waals surface area (Å²) in [6.45, 7) is 4.96. The summed E-state index contributed by atoms with van der Waals surface area (Å²) in [7, 11) is 0. The number of rotatable bonds is 5. The van der Waals surface area contributed by atoms with E-state index in [1.54, 1.807) is 0 Å². The van der Waals surface area contributed by atoms with Crippen molar-refractivity contribution in [2.45, 2.75) is 45.1 Å². The van der Waals surface area contributed by atoms with Crippen LogP contribution in [0.25, 0.3) is 20.4 Å². The standard InChI is InChI=1S/C24H21F4N5O2S/c1-23(2)9-17-13(10-35-23)8-14-18-19(36-21(14)32-17)20(31-11-30-18)29-6-5-12-3-4-16(15(25)7-12)33-22(34)24(26,27)28/h3-4,7-8,11H,5-6,9-10H2,1-2H3,(H,33,34)(H,29,30,31). The Morgan fingerprint density at radius 3 is 2.78 bits per heavy atom. The Bertz CT molecular complexity index is 1490. The molecule has 1 aliphatic heterocycles. The lowest BCUT2D eigenvalue weighted by Crippen LogP contribution is -2.32. The summed E-state index contributed by atoms with van der Waals surface area (Å²) in [5, 5.41) is 5.70. The monoisotopic (exact) mass is 519 g/mol. The number of halogens is 4. The van der Waals surface area contributed by atoms with Crippen LogP contribution in [0.3, 0.4) is 0 Å². The van der Waals surface area contributed by atoms with Gasteiger partial charge < -0.3 is 15.4 Å². The number of hydrogen-bond donors (Lipinski definition) is 2. The summed E-state index contributed by atoms with van der Waals surface area (Å²) in [4.78, 5) is 25.6. The van der Waals surface area contributed by atoms with Crippen LogP contribution in [0.4, 0.5) is 29.1 Å². The van der Waals surface area contributed by atoms with Crippen molar-refractivity contribution in [1.82, 2.24) is 15.0 Å². The van der Waals surface area contributed by atoms with Gasteiger partial charge in [-0.3, -0.25) is 4.79 Å². The molecule has 4 heterocycles. The number of hydrogen-bond acceptors (Lipinski definition) is 7. The van der Waals surface area contributed by atoms with Crippen molar-refractivity contribution in [3.63, 3.8) is 0 Å². The molecule has 0 radical (unpaired) electrons. The minimum absolute atomic E-state index is 0.265. The Morgan fingerprint density at radius 2 is 2.03 bits per heavy atom. The average molecular weight is 520 g/mol. The number of nitrogens with one attached hydrogen (secondary N) is 2. The number of pyridine rings is 1. The van der Waals surface area contributed by atoms with E-state index >= 15 is 0 Å². The molecule has 0 saturated heterocycles. The maximum absolute atomic E-state index is 14.2. The molecule has 1 aliphatic rings. The van der Waals surface area contributed by atoms with Gasteiger partial charge in [-0.25, -0.2) is 19.3 Å². The van der Waals surface area contributed by atoms with Crippen molar-refractivity contribution in [3.8, 4) is 0 Å². The number of amides is 1. The molecule has 0 spiro atoms. The second kappa shape index (κ2) is 8.93. The molecule has 0 bridgehead atoms. The highest BCUT2D eigenvalue weighted by molar-refractivity contribution is 7.25. The van der Waals surface area contributed by atoms with Gasteiger partial charge in [0.15, 0.2) is 0 Å². The van der Waals surface area contributed by atoms with E-state index in [0.717, 1.165) is 50.2 Å². The number of nitrogens with zero attached hydrogens (tertiary/aromatic N) is 3. The second-order valence-corrected chi connectivity index (χ2v) is 10.1. The SMILES string of the molecule is CC1(C)Cc2nc3sc4c(NCCc5ccc(NC(=O)C(F)(F)F)c(F)c5)ncnc4c3cc2CO1. The summed E-state index contributed by atoms with van der Waals surface area (Å²) in [6, 6.07) is 5.75. The van der Waals surface area contributed by atoms with E-state index in [1.165, 1.54) is 29.0 Å². The summed E-state index contributed by atoms with van der Waals surface area (Å²) >= 11 is 1.49. The van der Waals surface area contributed by atoms with Crippen LogP contribution in [0.15, 0.2) is 30.6 Å². The summed E-state index contributed by atoms with van der Waals surface area (Å²) in [5.41, 5.74) is 2.60. The Labute approximate surface area is 206 Å². The zero-order valence-corrected chi connectivity index (χ0v) is 20.1. The van der Waals surface area contributed by atoms with Crippen LogP contribution in [-0.4, -0.2) is 39.2 Å². The topological polar surface area (TPSA) is 89.0 Å². The lowest BCUT2D eigenvalue weighted by Gasteiger charge is -2.30. The first-order valence-corrected chi connectivity index (χ1v) is 11.9. The van der Waals surface area contributed by atoms with Crippen molar-refractivity contribution >= 4 is 49.2 Å². The first-order valence-electron chi connectivity index (χ1n) is 11.1. The van der Waals surface area contributed by atoms with Gasteiger partial charge in [-0.05, 0) is 44.0 Å². The third kappa shape index (κ3) is 4.82. The van der Waals surface area contributed by atoms with Crippen LogP contribution in [0.2, 0.25) is 0 Å². The fourth-order valence-electron chi connectivity index (χ4n) is 4.05. The molecule has 0 unspecified atom stereocenters. The predicted molar refractivity (Wildman–Crippen MR) is 129 cm³/mol. The van der Waals surface area contributed by atoms with Crippen LogP contribution in [-0.2, 0) is 29.0 Å². The number of aromatic nitrogens is 3. The molecule has 1 aromatic carbocycles. The van der Waals surface area contributed by atoms with Gasteiger partial charge in [-0.1, -0.05) is 6.07 Å². The van der Waals surface area contributed by atoms with E-state index in [2.05, 4.69) is 21.4 Å². The highest BCUT2D eigenvalue weighted by atomic mass is 32.1. The Balaban J connectivity index is 1.32. The molecule has 4 aromatic rings. The van der Waals surface area contributed by atoms with Crippen LogP contribution in [0.1, 0.15) is 30.7 Å². The quantitative estimate of drug-likeness (QED) is 0.344. The smallest absolute Gasteiger partial charge is 0.370 e. The van der Waals surface area contributed by atoms with Gasteiger partial charge in [0.1, 0.15) is 22.8 Å². The van der Waals surface area contributed by atoms with Crippen molar-refractivity contribution in [2.75, 3.05) is 17.2 Å². The maximum atomic E-state index is 14.2.